The van der Waals surface area contributed by atoms with Crippen molar-refractivity contribution in [1.82, 2.24) is 15.8 Å². The second-order valence-electron chi connectivity index (χ2n) is 8.00. The number of aryl methyl sites for hydroxylation is 1. The van der Waals surface area contributed by atoms with E-state index < -0.39 is 17.8 Å². The number of carbonyl (C=O) groups excluding carboxylic acids is 2. The Kier molecular flexibility index (Phi) is 7.30. The summed E-state index contributed by atoms with van der Waals surface area (Å²) >= 11 is 0. The minimum atomic E-state index is -0.879. The fourth-order valence-electron chi connectivity index (χ4n) is 3.77. The van der Waals surface area contributed by atoms with Gasteiger partial charge >= 0.3 is 0 Å². The highest BCUT2D eigenvalue weighted by molar-refractivity contribution is 5.91. The number of aromatic amines is 1. The van der Waals surface area contributed by atoms with Crippen LogP contribution in [0.2, 0.25) is 0 Å². The number of fused-ring (bicyclic) bond motifs is 1. The van der Waals surface area contributed by atoms with Crippen molar-refractivity contribution >= 4 is 22.7 Å². The van der Waals surface area contributed by atoms with E-state index in [-0.39, 0.29) is 12.3 Å². The van der Waals surface area contributed by atoms with Crippen molar-refractivity contribution in [3.8, 4) is 22.8 Å². The molecule has 0 radical (unpaired) electrons. The largest absolute Gasteiger partial charge is 0.497 e. The predicted octanol–water partition coefficient (Wildman–Crippen LogP) is 4.53. The molecule has 0 spiro atoms. The third kappa shape index (κ3) is 5.78. The molecule has 1 atom stereocenters. The zero-order chi connectivity index (χ0) is 24.8. The Labute approximate surface area is 202 Å². The van der Waals surface area contributed by atoms with Gasteiger partial charge in [0.1, 0.15) is 17.3 Å². The molecule has 2 amide bonds. The van der Waals surface area contributed by atoms with Crippen LogP contribution in [0, 0.1) is 5.82 Å². The summed E-state index contributed by atoms with van der Waals surface area (Å²) in [4.78, 5) is 28.2. The Balaban J connectivity index is 1.38. The van der Waals surface area contributed by atoms with Crippen LogP contribution in [0.25, 0.3) is 22.2 Å². The van der Waals surface area contributed by atoms with Gasteiger partial charge in [0, 0.05) is 23.0 Å². The van der Waals surface area contributed by atoms with Gasteiger partial charge in [0.15, 0.2) is 6.10 Å². The fourth-order valence-corrected chi connectivity index (χ4v) is 3.77. The van der Waals surface area contributed by atoms with Gasteiger partial charge < -0.3 is 14.5 Å². The van der Waals surface area contributed by atoms with Crippen LogP contribution in [0.5, 0.6) is 11.5 Å². The average Bonchev–Trinajstić information content (AvgIpc) is 3.26. The van der Waals surface area contributed by atoms with Gasteiger partial charge in [-0.2, -0.15) is 0 Å². The molecule has 3 N–H and O–H groups in total. The number of carbonyl (C=O) groups is 2. The number of aromatic nitrogens is 1. The third-order valence-corrected chi connectivity index (χ3v) is 5.62. The number of hydrogen-bond acceptors (Lipinski definition) is 4. The van der Waals surface area contributed by atoms with Gasteiger partial charge in [-0.1, -0.05) is 18.2 Å². The molecule has 1 aromatic heterocycles. The Morgan fingerprint density at radius 3 is 2.34 bits per heavy atom. The van der Waals surface area contributed by atoms with Crippen molar-refractivity contribution in [3.63, 3.8) is 0 Å². The van der Waals surface area contributed by atoms with Gasteiger partial charge in [-0.3, -0.25) is 20.4 Å². The van der Waals surface area contributed by atoms with Gasteiger partial charge in [-0.25, -0.2) is 4.39 Å². The van der Waals surface area contributed by atoms with Crippen LogP contribution in [0.1, 0.15) is 18.9 Å². The number of ether oxygens (including phenoxy) is 2. The normalized spacial score (nSPS) is 11.6. The molecule has 4 rings (SSSR count). The van der Waals surface area contributed by atoms with E-state index in [9.17, 15) is 14.0 Å². The summed E-state index contributed by atoms with van der Waals surface area (Å²) in [6.45, 7) is 1.54. The van der Waals surface area contributed by atoms with Crippen molar-refractivity contribution < 1.29 is 23.5 Å². The van der Waals surface area contributed by atoms with E-state index in [0.717, 1.165) is 33.5 Å². The highest BCUT2D eigenvalue weighted by atomic mass is 19.1. The van der Waals surface area contributed by atoms with Crippen molar-refractivity contribution in [1.29, 1.82) is 0 Å². The summed E-state index contributed by atoms with van der Waals surface area (Å²) in [5, 5.41) is 1.04. The number of H-pyrrole nitrogens is 1. The topological polar surface area (TPSA) is 92.5 Å². The van der Waals surface area contributed by atoms with Crippen molar-refractivity contribution in [2.45, 2.75) is 25.9 Å². The van der Waals surface area contributed by atoms with Crippen LogP contribution in [0.4, 0.5) is 4.39 Å². The molecule has 4 aromatic rings. The summed E-state index contributed by atoms with van der Waals surface area (Å²) in [5.41, 5.74) is 8.73. The van der Waals surface area contributed by atoms with Crippen LogP contribution < -0.4 is 20.3 Å². The second kappa shape index (κ2) is 10.7. The van der Waals surface area contributed by atoms with E-state index >= 15 is 0 Å². The molecule has 180 valence electrons. The quantitative estimate of drug-likeness (QED) is 0.327. The number of nitrogens with one attached hydrogen (secondary N) is 3. The lowest BCUT2D eigenvalue weighted by molar-refractivity contribution is -0.132. The lowest BCUT2D eigenvalue weighted by Gasteiger charge is -2.15. The lowest BCUT2D eigenvalue weighted by Crippen LogP contribution is -2.47. The van der Waals surface area contributed by atoms with E-state index in [2.05, 4.69) is 15.8 Å². The SMILES string of the molecule is COc1ccc(-c2[nH]c3ccccc3c2CCC(=O)NNC(=O)C(C)Oc2ccc(F)cc2)cc1. The zero-order valence-corrected chi connectivity index (χ0v) is 19.4. The molecule has 0 aliphatic carbocycles. The van der Waals surface area contributed by atoms with Gasteiger partial charge in [0.25, 0.3) is 5.91 Å². The zero-order valence-electron chi connectivity index (χ0n) is 19.4. The van der Waals surface area contributed by atoms with Crippen molar-refractivity contribution in [3.05, 3.63) is 84.2 Å². The van der Waals surface area contributed by atoms with Gasteiger partial charge in [-0.15, -0.1) is 0 Å². The number of rotatable bonds is 8. The third-order valence-electron chi connectivity index (χ3n) is 5.62. The highest BCUT2D eigenvalue weighted by Crippen LogP contribution is 2.32. The standard InChI is InChI=1S/C27H26FN3O4/c1-17(35-21-13-9-19(28)10-14-21)27(33)31-30-25(32)16-15-23-22-5-3-4-6-24(22)29-26(23)18-7-11-20(34-2)12-8-18/h3-14,17,29H,15-16H2,1-2H3,(H,30,32)(H,31,33). The molecule has 7 nitrogen and oxygen atoms in total. The molecular formula is C27H26FN3O4. The summed E-state index contributed by atoms with van der Waals surface area (Å²) in [6.07, 6.45) is -0.247. The van der Waals surface area contributed by atoms with E-state index in [1.807, 2.05) is 48.5 Å². The molecule has 1 heterocycles. The smallest absolute Gasteiger partial charge is 0.279 e. The van der Waals surface area contributed by atoms with Crippen LogP contribution in [0.3, 0.4) is 0 Å². The molecule has 35 heavy (non-hydrogen) atoms. The summed E-state index contributed by atoms with van der Waals surface area (Å²) < 4.78 is 23.7. The molecule has 3 aromatic carbocycles. The van der Waals surface area contributed by atoms with Crippen LogP contribution in [-0.4, -0.2) is 30.0 Å². The summed E-state index contributed by atoms with van der Waals surface area (Å²) in [5.74, 6) is -0.135. The number of halogens is 1. The molecule has 0 saturated carbocycles. The average molecular weight is 476 g/mol. The Bertz CT molecular complexity index is 1320. The fraction of sp³-hybridized carbons (Fsp3) is 0.185. The molecule has 0 saturated heterocycles. The molecular weight excluding hydrogens is 449 g/mol. The minimum absolute atomic E-state index is 0.165. The van der Waals surface area contributed by atoms with E-state index in [0.29, 0.717) is 12.2 Å². The Morgan fingerprint density at radius 2 is 1.63 bits per heavy atom. The Morgan fingerprint density at radius 1 is 0.943 bits per heavy atom. The number of hydrogen-bond donors (Lipinski definition) is 3. The summed E-state index contributed by atoms with van der Waals surface area (Å²) in [6, 6.07) is 21.0. The lowest BCUT2D eigenvalue weighted by atomic mass is 10.0. The first-order valence-corrected chi connectivity index (χ1v) is 11.2. The minimum Gasteiger partial charge on any atom is -0.497 e. The van der Waals surface area contributed by atoms with E-state index in [4.69, 9.17) is 9.47 Å². The van der Waals surface area contributed by atoms with Crippen molar-refractivity contribution in [2.24, 2.45) is 0 Å². The van der Waals surface area contributed by atoms with Crippen molar-refractivity contribution in [2.75, 3.05) is 7.11 Å². The monoisotopic (exact) mass is 475 g/mol. The first kappa shape index (κ1) is 23.8. The van der Waals surface area contributed by atoms with Crippen LogP contribution in [-0.2, 0) is 16.0 Å². The molecule has 8 heteroatoms. The first-order valence-electron chi connectivity index (χ1n) is 11.2. The predicted molar refractivity (Wildman–Crippen MR) is 131 cm³/mol. The Hall–Kier alpha value is -4.33. The van der Waals surface area contributed by atoms with Crippen LogP contribution in [0.15, 0.2) is 72.8 Å². The van der Waals surface area contributed by atoms with Gasteiger partial charge in [0.2, 0.25) is 5.91 Å². The molecule has 1 unspecified atom stereocenters. The molecule has 0 bridgehead atoms. The maximum Gasteiger partial charge on any atom is 0.279 e. The van der Waals surface area contributed by atoms with Gasteiger partial charge in [0.05, 0.1) is 7.11 Å². The maximum atomic E-state index is 13.0. The summed E-state index contributed by atoms with van der Waals surface area (Å²) in [7, 11) is 1.62. The van der Waals surface area contributed by atoms with E-state index in [1.54, 1.807) is 7.11 Å². The molecule has 0 aliphatic rings. The number of hydrazine groups is 1. The first-order chi connectivity index (χ1) is 16.9. The number of benzene rings is 3. The number of methoxy groups -OCH3 is 1. The highest BCUT2D eigenvalue weighted by Gasteiger charge is 2.17. The number of para-hydroxylation sites is 1. The molecule has 0 aliphatic heterocycles. The number of amides is 2. The molecule has 0 fully saturated rings. The maximum absolute atomic E-state index is 13.0. The van der Waals surface area contributed by atoms with Crippen LogP contribution >= 0.6 is 0 Å². The second-order valence-corrected chi connectivity index (χ2v) is 8.00. The van der Waals surface area contributed by atoms with Gasteiger partial charge in [-0.05, 0) is 79.1 Å². The van der Waals surface area contributed by atoms with E-state index in [1.165, 1.54) is 31.2 Å².